The highest BCUT2D eigenvalue weighted by Gasteiger charge is 2.29. The van der Waals surface area contributed by atoms with Gasteiger partial charge in [0.15, 0.2) is 0 Å². The molecule has 1 saturated heterocycles. The second kappa shape index (κ2) is 7.59. The van der Waals surface area contributed by atoms with E-state index >= 15 is 0 Å². The maximum Gasteiger partial charge on any atom is 0.257 e. The van der Waals surface area contributed by atoms with Crippen LogP contribution in [0, 0.1) is 5.95 Å². The molecule has 0 radical (unpaired) electrons. The van der Waals surface area contributed by atoms with E-state index in [-0.39, 0.29) is 11.9 Å². The van der Waals surface area contributed by atoms with Crippen molar-refractivity contribution in [1.82, 2.24) is 9.88 Å². The van der Waals surface area contributed by atoms with E-state index in [9.17, 15) is 9.18 Å². The summed E-state index contributed by atoms with van der Waals surface area (Å²) in [5.74, 6) is 1.11. The minimum Gasteiger partial charge on any atom is -0.497 e. The minimum absolute atomic E-state index is 0.0197. The monoisotopic (exact) mass is 359 g/mol. The van der Waals surface area contributed by atoms with Gasteiger partial charge in [0.25, 0.3) is 5.91 Å². The number of anilines is 1. The van der Waals surface area contributed by atoms with Gasteiger partial charge in [0, 0.05) is 31.7 Å². The van der Waals surface area contributed by atoms with Crippen molar-refractivity contribution >= 4 is 11.7 Å². The number of amides is 1. The zero-order chi connectivity index (χ0) is 18.7. The minimum atomic E-state index is -0.504. The average Bonchev–Trinajstić information content (AvgIpc) is 2.66. The number of carbonyl (C=O) groups is 1. The van der Waals surface area contributed by atoms with Gasteiger partial charge < -0.3 is 19.3 Å². The smallest absolute Gasteiger partial charge is 0.257 e. The molecule has 0 bridgehead atoms. The molecule has 0 saturated carbocycles. The quantitative estimate of drug-likeness (QED) is 0.786. The van der Waals surface area contributed by atoms with E-state index in [4.69, 9.17) is 9.47 Å². The molecule has 6 nitrogen and oxygen atoms in total. The molecule has 1 aromatic carbocycles. The summed E-state index contributed by atoms with van der Waals surface area (Å²) in [5.41, 5.74) is 0.498. The Morgan fingerprint density at radius 3 is 2.65 bits per heavy atom. The molecule has 7 heteroatoms. The Hall–Kier alpha value is -2.83. The predicted octanol–water partition coefficient (Wildman–Crippen LogP) is 2.59. The number of nitrogens with zero attached hydrogens (tertiary/aromatic N) is 3. The summed E-state index contributed by atoms with van der Waals surface area (Å²) in [6.07, 6.45) is 0. The van der Waals surface area contributed by atoms with Crippen molar-refractivity contribution in [1.29, 1.82) is 0 Å². The van der Waals surface area contributed by atoms with Crippen LogP contribution in [0.3, 0.4) is 0 Å². The third kappa shape index (κ3) is 3.56. The number of hydrogen-bond acceptors (Lipinski definition) is 5. The van der Waals surface area contributed by atoms with Crippen LogP contribution in [0.25, 0.3) is 0 Å². The summed E-state index contributed by atoms with van der Waals surface area (Å²) < 4.78 is 23.9. The number of pyridine rings is 1. The molecule has 1 fully saturated rings. The van der Waals surface area contributed by atoms with Crippen LogP contribution < -0.4 is 14.4 Å². The lowest BCUT2D eigenvalue weighted by molar-refractivity contribution is 0.0722. The Morgan fingerprint density at radius 2 is 2.00 bits per heavy atom. The molecule has 138 valence electrons. The molecule has 0 N–H and O–H groups in total. The highest BCUT2D eigenvalue weighted by Crippen LogP contribution is 2.27. The van der Waals surface area contributed by atoms with Gasteiger partial charge in [-0.15, -0.1) is 0 Å². The van der Waals surface area contributed by atoms with Crippen molar-refractivity contribution in [2.75, 3.05) is 38.8 Å². The maximum absolute atomic E-state index is 13.4. The maximum atomic E-state index is 13.4. The molecule has 0 spiro atoms. The molecule has 2 aromatic rings. The molecular formula is C19H22FN3O3. The third-order valence-corrected chi connectivity index (χ3v) is 4.55. The molecule has 1 atom stereocenters. The third-order valence-electron chi connectivity index (χ3n) is 4.55. The highest BCUT2D eigenvalue weighted by atomic mass is 19.1. The van der Waals surface area contributed by atoms with E-state index in [0.29, 0.717) is 42.5 Å². The summed E-state index contributed by atoms with van der Waals surface area (Å²) in [6.45, 7) is 3.63. The van der Waals surface area contributed by atoms with Gasteiger partial charge in [-0.2, -0.15) is 4.39 Å². The van der Waals surface area contributed by atoms with Crippen molar-refractivity contribution in [3.05, 3.63) is 47.9 Å². The van der Waals surface area contributed by atoms with E-state index < -0.39 is 5.95 Å². The highest BCUT2D eigenvalue weighted by molar-refractivity contribution is 5.97. The fourth-order valence-corrected chi connectivity index (χ4v) is 3.19. The van der Waals surface area contributed by atoms with Crippen LogP contribution in [0.4, 0.5) is 10.2 Å². The molecule has 3 rings (SSSR count). The summed E-state index contributed by atoms with van der Waals surface area (Å²) in [6, 6.07) is 9.92. The first-order valence-electron chi connectivity index (χ1n) is 8.44. The number of aromatic nitrogens is 1. The topological polar surface area (TPSA) is 54.9 Å². The summed E-state index contributed by atoms with van der Waals surface area (Å²) in [7, 11) is 3.10. The van der Waals surface area contributed by atoms with Gasteiger partial charge in [0.1, 0.15) is 17.3 Å². The molecule has 2 heterocycles. The second-order valence-corrected chi connectivity index (χ2v) is 6.18. The lowest BCUT2D eigenvalue weighted by atomic mass is 10.1. The van der Waals surface area contributed by atoms with Gasteiger partial charge in [-0.25, -0.2) is 4.98 Å². The Bertz CT molecular complexity index is 799. The zero-order valence-electron chi connectivity index (χ0n) is 15.1. The number of rotatable bonds is 4. The number of methoxy groups -OCH3 is 2. The number of hydrogen-bond donors (Lipinski definition) is 0. The normalized spacial score (nSPS) is 17.2. The average molecular weight is 359 g/mol. The van der Waals surface area contributed by atoms with E-state index in [1.54, 1.807) is 42.3 Å². The Morgan fingerprint density at radius 1 is 1.19 bits per heavy atom. The summed E-state index contributed by atoms with van der Waals surface area (Å²) >= 11 is 0. The van der Waals surface area contributed by atoms with Crippen molar-refractivity contribution in [3.8, 4) is 11.5 Å². The van der Waals surface area contributed by atoms with Crippen LogP contribution in [0.1, 0.15) is 17.3 Å². The number of ether oxygens (including phenoxy) is 2. The van der Waals surface area contributed by atoms with Crippen LogP contribution in [0.15, 0.2) is 36.4 Å². The van der Waals surface area contributed by atoms with Crippen LogP contribution in [-0.2, 0) is 0 Å². The number of piperazine rings is 1. The molecular weight excluding hydrogens is 337 g/mol. The molecule has 26 heavy (non-hydrogen) atoms. The number of benzene rings is 1. The van der Waals surface area contributed by atoms with Gasteiger partial charge in [-0.1, -0.05) is 6.07 Å². The van der Waals surface area contributed by atoms with Crippen molar-refractivity contribution in [3.63, 3.8) is 0 Å². The van der Waals surface area contributed by atoms with Gasteiger partial charge in [0.05, 0.1) is 19.8 Å². The first-order valence-corrected chi connectivity index (χ1v) is 8.44. The van der Waals surface area contributed by atoms with Gasteiger partial charge in [-0.3, -0.25) is 4.79 Å². The standard InChI is InChI=1S/C19H22FN3O3/c1-13-12-22(9-10-23(13)18-6-4-5-17(20)21-18)19(24)15-8-7-14(25-2)11-16(15)26-3/h4-8,11,13H,9-10,12H2,1-3H3. The first kappa shape index (κ1) is 18.0. The van der Waals surface area contributed by atoms with E-state index in [2.05, 4.69) is 4.98 Å². The Balaban J connectivity index is 1.75. The van der Waals surface area contributed by atoms with Crippen LogP contribution in [0.5, 0.6) is 11.5 Å². The van der Waals surface area contributed by atoms with Crippen LogP contribution >= 0.6 is 0 Å². The fourth-order valence-electron chi connectivity index (χ4n) is 3.19. The summed E-state index contributed by atoms with van der Waals surface area (Å²) in [5, 5.41) is 0. The number of carbonyl (C=O) groups excluding carboxylic acids is 1. The fraction of sp³-hybridized carbons (Fsp3) is 0.368. The van der Waals surface area contributed by atoms with Gasteiger partial charge in [0.2, 0.25) is 5.95 Å². The van der Waals surface area contributed by atoms with Crippen LogP contribution in [0.2, 0.25) is 0 Å². The molecule has 1 amide bonds. The molecule has 1 aliphatic rings. The van der Waals surface area contributed by atoms with E-state index in [1.165, 1.54) is 13.2 Å². The molecule has 1 aliphatic heterocycles. The molecule has 0 aliphatic carbocycles. The van der Waals surface area contributed by atoms with Gasteiger partial charge in [-0.05, 0) is 31.2 Å². The van der Waals surface area contributed by atoms with Crippen LogP contribution in [-0.4, -0.2) is 55.7 Å². The van der Waals surface area contributed by atoms with Gasteiger partial charge >= 0.3 is 0 Å². The molecule has 1 aromatic heterocycles. The predicted molar refractivity (Wildman–Crippen MR) is 96.5 cm³/mol. The molecule has 1 unspecified atom stereocenters. The Labute approximate surface area is 152 Å². The van der Waals surface area contributed by atoms with Crippen molar-refractivity contribution in [2.45, 2.75) is 13.0 Å². The lowest BCUT2D eigenvalue weighted by Crippen LogP contribution is -2.54. The summed E-state index contributed by atoms with van der Waals surface area (Å²) in [4.78, 5) is 20.7. The SMILES string of the molecule is COc1ccc(C(=O)N2CCN(c3cccc(F)n3)C(C)C2)c(OC)c1. The van der Waals surface area contributed by atoms with Crippen molar-refractivity contribution < 1.29 is 18.7 Å². The lowest BCUT2D eigenvalue weighted by Gasteiger charge is -2.40. The largest absolute Gasteiger partial charge is 0.497 e. The second-order valence-electron chi connectivity index (χ2n) is 6.18. The Kier molecular flexibility index (Phi) is 5.25. The number of halogens is 1. The van der Waals surface area contributed by atoms with E-state index in [1.807, 2.05) is 11.8 Å². The first-order chi connectivity index (χ1) is 12.5. The van der Waals surface area contributed by atoms with Crippen molar-refractivity contribution in [2.24, 2.45) is 0 Å². The zero-order valence-corrected chi connectivity index (χ0v) is 15.1. The van der Waals surface area contributed by atoms with E-state index in [0.717, 1.165) is 0 Å².